The van der Waals surface area contributed by atoms with Crippen LogP contribution in [0.2, 0.25) is 0 Å². The lowest BCUT2D eigenvalue weighted by Crippen LogP contribution is -2.44. The zero-order valence-electron chi connectivity index (χ0n) is 10.6. The van der Waals surface area contributed by atoms with Crippen molar-refractivity contribution in [1.82, 2.24) is 4.98 Å². The predicted octanol–water partition coefficient (Wildman–Crippen LogP) is 1.08. The van der Waals surface area contributed by atoms with Crippen LogP contribution in [0.3, 0.4) is 0 Å². The van der Waals surface area contributed by atoms with Crippen molar-refractivity contribution in [2.75, 3.05) is 18.5 Å². The van der Waals surface area contributed by atoms with Crippen LogP contribution in [0.15, 0.2) is 18.3 Å². The fraction of sp³-hybridized carbons (Fsp3) is 0.538. The number of anilines is 1. The molecular formula is C13H19N3O2. The molecule has 2 rings (SSSR count). The van der Waals surface area contributed by atoms with E-state index in [9.17, 15) is 4.79 Å². The molecule has 0 saturated carbocycles. The lowest BCUT2D eigenvalue weighted by molar-refractivity contribution is -0.119. The summed E-state index contributed by atoms with van der Waals surface area (Å²) in [4.78, 5) is 16.1. The van der Waals surface area contributed by atoms with Gasteiger partial charge in [0, 0.05) is 19.4 Å². The van der Waals surface area contributed by atoms with Gasteiger partial charge in [-0.2, -0.15) is 0 Å². The molecule has 1 saturated heterocycles. The molecule has 1 aromatic heterocycles. The van der Waals surface area contributed by atoms with Crippen LogP contribution in [0.1, 0.15) is 18.4 Å². The summed E-state index contributed by atoms with van der Waals surface area (Å²) in [5.41, 5.74) is 7.04. The Bertz CT molecular complexity index is 416. The number of hydrogen-bond acceptors (Lipinski definition) is 4. The number of nitrogens with two attached hydrogens (primary N) is 1. The summed E-state index contributed by atoms with van der Waals surface area (Å²) in [5.74, 6) is 0.589. The largest absolute Gasteiger partial charge is 0.381 e. The Labute approximate surface area is 107 Å². The molecule has 1 aromatic rings. The summed E-state index contributed by atoms with van der Waals surface area (Å²) in [7, 11) is 0. The van der Waals surface area contributed by atoms with E-state index < -0.39 is 6.04 Å². The third-order valence-corrected chi connectivity index (χ3v) is 3.24. The number of aromatic nitrogens is 1. The predicted molar refractivity (Wildman–Crippen MR) is 69.1 cm³/mol. The second-order valence-electron chi connectivity index (χ2n) is 4.68. The van der Waals surface area contributed by atoms with Gasteiger partial charge >= 0.3 is 0 Å². The first-order valence-corrected chi connectivity index (χ1v) is 6.23. The number of carbonyl (C=O) groups is 1. The Kier molecular flexibility index (Phi) is 4.28. The highest BCUT2D eigenvalue weighted by molar-refractivity contribution is 5.94. The molecule has 1 unspecified atom stereocenters. The molecule has 0 bridgehead atoms. The first kappa shape index (κ1) is 13.0. The van der Waals surface area contributed by atoms with Crippen molar-refractivity contribution in [2.24, 2.45) is 11.7 Å². The maximum atomic E-state index is 12.0. The fourth-order valence-electron chi connectivity index (χ4n) is 2.10. The molecule has 2 heterocycles. The van der Waals surface area contributed by atoms with Gasteiger partial charge in [0.1, 0.15) is 5.82 Å². The number of pyridine rings is 1. The van der Waals surface area contributed by atoms with Gasteiger partial charge in [-0.3, -0.25) is 4.79 Å². The van der Waals surface area contributed by atoms with E-state index in [2.05, 4.69) is 10.3 Å². The Morgan fingerprint density at radius 2 is 2.28 bits per heavy atom. The zero-order chi connectivity index (χ0) is 13.0. The van der Waals surface area contributed by atoms with Crippen molar-refractivity contribution < 1.29 is 9.53 Å². The topological polar surface area (TPSA) is 77.2 Å². The molecule has 1 aliphatic heterocycles. The van der Waals surface area contributed by atoms with Gasteiger partial charge in [0.05, 0.1) is 6.04 Å². The molecule has 5 heteroatoms. The molecule has 1 aliphatic rings. The van der Waals surface area contributed by atoms with Gasteiger partial charge in [-0.05, 0) is 43.4 Å². The number of hydrogen-bond donors (Lipinski definition) is 2. The van der Waals surface area contributed by atoms with E-state index >= 15 is 0 Å². The second-order valence-corrected chi connectivity index (χ2v) is 4.68. The van der Waals surface area contributed by atoms with E-state index in [-0.39, 0.29) is 11.8 Å². The molecule has 98 valence electrons. The average Bonchev–Trinajstić information content (AvgIpc) is 2.39. The van der Waals surface area contributed by atoms with E-state index in [0.29, 0.717) is 19.0 Å². The summed E-state index contributed by atoms with van der Waals surface area (Å²) in [6.45, 7) is 3.33. The van der Waals surface area contributed by atoms with Gasteiger partial charge in [-0.25, -0.2) is 4.98 Å². The summed E-state index contributed by atoms with van der Waals surface area (Å²) in [5, 5.41) is 2.76. The van der Waals surface area contributed by atoms with Crippen LogP contribution in [0.5, 0.6) is 0 Å². The van der Waals surface area contributed by atoms with Crippen LogP contribution < -0.4 is 11.1 Å². The van der Waals surface area contributed by atoms with E-state index in [1.165, 1.54) is 0 Å². The smallest absolute Gasteiger partial charge is 0.242 e. The molecule has 5 nitrogen and oxygen atoms in total. The normalized spacial score (nSPS) is 18.3. The minimum Gasteiger partial charge on any atom is -0.381 e. The van der Waals surface area contributed by atoms with Crippen molar-refractivity contribution >= 4 is 11.7 Å². The highest BCUT2D eigenvalue weighted by atomic mass is 16.5. The summed E-state index contributed by atoms with van der Waals surface area (Å²) in [6, 6.07) is 3.22. The molecule has 18 heavy (non-hydrogen) atoms. The number of nitrogens with one attached hydrogen (secondary N) is 1. The summed E-state index contributed by atoms with van der Waals surface area (Å²) >= 11 is 0. The molecular weight excluding hydrogens is 230 g/mol. The van der Waals surface area contributed by atoms with E-state index in [1.54, 1.807) is 6.20 Å². The van der Waals surface area contributed by atoms with Gasteiger partial charge in [-0.1, -0.05) is 0 Å². The number of rotatable bonds is 3. The lowest BCUT2D eigenvalue weighted by atomic mass is 9.92. The van der Waals surface area contributed by atoms with Crippen LogP contribution >= 0.6 is 0 Å². The first-order valence-electron chi connectivity index (χ1n) is 6.23. The van der Waals surface area contributed by atoms with E-state index in [1.807, 2.05) is 19.1 Å². The second kappa shape index (κ2) is 5.93. The number of amides is 1. The lowest BCUT2D eigenvalue weighted by Gasteiger charge is -2.26. The highest BCUT2D eigenvalue weighted by Gasteiger charge is 2.26. The van der Waals surface area contributed by atoms with Gasteiger partial charge in [0.25, 0.3) is 0 Å². The number of ether oxygens (including phenoxy) is 1. The Morgan fingerprint density at radius 3 is 2.94 bits per heavy atom. The first-order chi connectivity index (χ1) is 8.66. The quantitative estimate of drug-likeness (QED) is 0.840. The van der Waals surface area contributed by atoms with Crippen LogP contribution in [0.25, 0.3) is 0 Å². The minimum atomic E-state index is -0.490. The van der Waals surface area contributed by atoms with Crippen LogP contribution in [-0.4, -0.2) is 30.1 Å². The molecule has 1 atom stereocenters. The monoisotopic (exact) mass is 249 g/mol. The third kappa shape index (κ3) is 3.27. The summed E-state index contributed by atoms with van der Waals surface area (Å²) in [6.07, 6.45) is 3.36. The molecule has 1 amide bonds. The minimum absolute atomic E-state index is 0.167. The molecule has 0 aromatic carbocycles. The van der Waals surface area contributed by atoms with Crippen LogP contribution in [0, 0.1) is 12.8 Å². The standard InChI is InChI=1S/C13H19N3O2/c1-9-2-5-15-11(8-9)16-13(17)12(14)10-3-6-18-7-4-10/h2,5,8,10,12H,3-4,6-7,14H2,1H3,(H,15,16,17). The van der Waals surface area contributed by atoms with Crippen LogP contribution in [-0.2, 0) is 9.53 Å². The molecule has 3 N–H and O–H groups in total. The Balaban J connectivity index is 1.94. The third-order valence-electron chi connectivity index (χ3n) is 3.24. The van der Waals surface area contributed by atoms with Gasteiger partial charge in [0.15, 0.2) is 0 Å². The van der Waals surface area contributed by atoms with Crippen molar-refractivity contribution in [3.63, 3.8) is 0 Å². The maximum Gasteiger partial charge on any atom is 0.242 e. The zero-order valence-corrected chi connectivity index (χ0v) is 10.6. The molecule has 1 fully saturated rings. The van der Waals surface area contributed by atoms with Crippen molar-refractivity contribution in [3.05, 3.63) is 23.9 Å². The highest BCUT2D eigenvalue weighted by Crippen LogP contribution is 2.18. The van der Waals surface area contributed by atoms with Crippen molar-refractivity contribution in [2.45, 2.75) is 25.8 Å². The van der Waals surface area contributed by atoms with Gasteiger partial charge in [0.2, 0.25) is 5.91 Å². The van der Waals surface area contributed by atoms with Crippen LogP contribution in [0.4, 0.5) is 5.82 Å². The van der Waals surface area contributed by atoms with Gasteiger partial charge < -0.3 is 15.8 Å². The van der Waals surface area contributed by atoms with Gasteiger partial charge in [-0.15, -0.1) is 0 Å². The van der Waals surface area contributed by atoms with Crippen molar-refractivity contribution in [3.8, 4) is 0 Å². The van der Waals surface area contributed by atoms with E-state index in [4.69, 9.17) is 10.5 Å². The fourth-order valence-corrected chi connectivity index (χ4v) is 2.10. The molecule has 0 radical (unpaired) electrons. The number of nitrogens with zero attached hydrogens (tertiary/aromatic N) is 1. The molecule has 0 spiro atoms. The Hall–Kier alpha value is -1.46. The van der Waals surface area contributed by atoms with E-state index in [0.717, 1.165) is 18.4 Å². The Morgan fingerprint density at radius 1 is 1.56 bits per heavy atom. The average molecular weight is 249 g/mol. The number of carbonyl (C=O) groups excluding carboxylic acids is 1. The number of aryl methyl sites for hydroxylation is 1. The maximum absolute atomic E-state index is 12.0. The van der Waals surface area contributed by atoms with Crippen molar-refractivity contribution in [1.29, 1.82) is 0 Å². The molecule has 0 aliphatic carbocycles. The SMILES string of the molecule is Cc1ccnc(NC(=O)C(N)C2CCOCC2)c1. The summed E-state index contributed by atoms with van der Waals surface area (Å²) < 4.78 is 5.26.